The smallest absolute Gasteiger partial charge is 0.274 e. The van der Waals surface area contributed by atoms with Crippen molar-refractivity contribution >= 4 is 5.69 Å². The first kappa shape index (κ1) is 25.6. The van der Waals surface area contributed by atoms with Crippen molar-refractivity contribution in [3.63, 3.8) is 0 Å². The molecule has 1 heterocycles. The van der Waals surface area contributed by atoms with Crippen molar-refractivity contribution in [1.82, 2.24) is 0 Å². The van der Waals surface area contributed by atoms with Crippen LogP contribution in [0.1, 0.15) is 53.4 Å². The molecule has 4 nitrogen and oxygen atoms in total. The lowest BCUT2D eigenvalue weighted by Crippen LogP contribution is -2.39. The molecule has 3 aromatic carbocycles. The molecule has 0 spiro atoms. The Hall–Kier alpha value is -3.03. The molecule has 3 aromatic rings. The second-order valence-corrected chi connectivity index (χ2v) is 10.0. The van der Waals surface area contributed by atoms with Crippen LogP contribution >= 0.6 is 0 Å². The van der Waals surface area contributed by atoms with Crippen molar-refractivity contribution in [1.29, 1.82) is 0 Å². The van der Waals surface area contributed by atoms with E-state index in [-0.39, 0.29) is 23.2 Å². The van der Waals surface area contributed by atoms with E-state index in [1.54, 1.807) is 38.5 Å². The molecule has 0 amide bonds. The molecule has 37 heavy (non-hydrogen) atoms. The number of alkyl halides is 2. The Kier molecular flexibility index (Phi) is 7.19. The quantitative estimate of drug-likeness (QED) is 0.371. The number of hydrogen-bond acceptors (Lipinski definition) is 4. The highest BCUT2D eigenvalue weighted by molar-refractivity contribution is 5.53. The predicted octanol–water partition coefficient (Wildman–Crippen LogP) is 6.78. The number of piperidine rings is 1. The maximum absolute atomic E-state index is 15.3. The monoisotopic (exact) mass is 511 g/mol. The molecule has 1 aliphatic heterocycles. The summed E-state index contributed by atoms with van der Waals surface area (Å²) >= 11 is 0. The zero-order chi connectivity index (χ0) is 26.2. The average molecular weight is 512 g/mol. The van der Waals surface area contributed by atoms with Crippen LogP contribution in [0.2, 0.25) is 0 Å². The average Bonchev–Trinajstić information content (AvgIpc) is 2.90. The number of phenols is 1. The van der Waals surface area contributed by atoms with Crippen LogP contribution in [0.5, 0.6) is 5.75 Å². The van der Waals surface area contributed by atoms with Crippen molar-refractivity contribution in [3.8, 4) is 5.75 Å². The van der Waals surface area contributed by atoms with Crippen LogP contribution in [0.3, 0.4) is 0 Å². The van der Waals surface area contributed by atoms with Gasteiger partial charge in [-0.2, -0.15) is 0 Å². The van der Waals surface area contributed by atoms with Gasteiger partial charge >= 0.3 is 0 Å². The number of rotatable bonds is 6. The Morgan fingerprint density at radius 3 is 2.24 bits per heavy atom. The first-order valence-electron chi connectivity index (χ1n) is 12.7. The largest absolute Gasteiger partial charge is 0.508 e. The summed E-state index contributed by atoms with van der Waals surface area (Å²) < 4.78 is 56.4. The predicted molar refractivity (Wildman–Crippen MR) is 137 cm³/mol. The summed E-state index contributed by atoms with van der Waals surface area (Å²) in [5.74, 6) is -4.77. The second kappa shape index (κ2) is 10.4. The van der Waals surface area contributed by atoms with Gasteiger partial charge in [0.2, 0.25) is 0 Å². The Morgan fingerprint density at radius 2 is 1.59 bits per heavy atom. The van der Waals surface area contributed by atoms with Crippen LogP contribution < -0.4 is 4.90 Å². The third kappa shape index (κ3) is 4.94. The van der Waals surface area contributed by atoms with E-state index < -0.39 is 30.0 Å². The first-order valence-corrected chi connectivity index (χ1v) is 12.7. The van der Waals surface area contributed by atoms with Crippen molar-refractivity contribution in [2.24, 2.45) is 5.92 Å². The van der Waals surface area contributed by atoms with Gasteiger partial charge in [-0.15, -0.1) is 0 Å². The topological polar surface area (TPSA) is 41.9 Å². The van der Waals surface area contributed by atoms with Crippen molar-refractivity contribution in [2.75, 3.05) is 32.2 Å². The molecule has 0 saturated carbocycles. The molecule has 1 N–H and O–H groups in total. The van der Waals surface area contributed by atoms with Gasteiger partial charge in [-0.1, -0.05) is 36.4 Å². The van der Waals surface area contributed by atoms with Gasteiger partial charge in [0.25, 0.3) is 5.92 Å². The fourth-order valence-corrected chi connectivity index (χ4v) is 6.13. The Bertz CT molecular complexity index is 1220. The molecule has 196 valence electrons. The maximum atomic E-state index is 15.3. The molecule has 0 radical (unpaired) electrons. The summed E-state index contributed by atoms with van der Waals surface area (Å²) in [5, 5.41) is 9.95. The molecule has 5 rings (SSSR count). The second-order valence-electron chi connectivity index (χ2n) is 10.0. The van der Waals surface area contributed by atoms with E-state index >= 15 is 8.78 Å². The molecule has 0 aromatic heterocycles. The number of methoxy groups -OCH3 is 2. The highest BCUT2D eigenvalue weighted by Gasteiger charge is 2.47. The van der Waals surface area contributed by atoms with Gasteiger partial charge in [0.15, 0.2) is 6.29 Å². The SMILES string of the molecule is COC(OC)C1CCN(c2ccc([C@H]3c4ccc(O)cc4C(F)(F)C[C@H]3c3ccccc3F)cc2)CC1. The molecular weight excluding hydrogens is 479 g/mol. The van der Waals surface area contributed by atoms with E-state index in [0.29, 0.717) is 11.5 Å². The molecule has 0 bridgehead atoms. The van der Waals surface area contributed by atoms with Gasteiger partial charge in [0, 0.05) is 62.7 Å². The van der Waals surface area contributed by atoms with E-state index in [9.17, 15) is 9.50 Å². The van der Waals surface area contributed by atoms with E-state index in [4.69, 9.17) is 9.47 Å². The van der Waals surface area contributed by atoms with Crippen LogP contribution in [-0.4, -0.2) is 38.7 Å². The van der Waals surface area contributed by atoms with Crippen LogP contribution in [0.4, 0.5) is 18.9 Å². The molecule has 2 atom stereocenters. The number of phenolic OH excluding ortho intramolecular Hbond substituents is 1. The maximum Gasteiger partial charge on any atom is 0.274 e. The minimum atomic E-state index is -3.19. The van der Waals surface area contributed by atoms with Gasteiger partial charge in [-0.05, 0) is 59.9 Å². The fraction of sp³-hybridized carbons (Fsp3) is 0.400. The first-order chi connectivity index (χ1) is 17.8. The summed E-state index contributed by atoms with van der Waals surface area (Å²) in [4.78, 5) is 2.30. The standard InChI is InChI=1S/C30H32F3NO3/c1-36-29(37-2)20-13-15-34(16-14-20)21-9-7-19(8-10-21)28-24-12-11-22(35)17-26(24)30(32,33)18-25(28)23-5-3-4-6-27(23)31/h3-12,17,20,25,28-29,35H,13-16,18H2,1-2H3/t25-,28-/m0/s1. The van der Waals surface area contributed by atoms with Crippen molar-refractivity contribution < 1.29 is 27.8 Å². The lowest BCUT2D eigenvalue weighted by molar-refractivity contribution is -0.141. The van der Waals surface area contributed by atoms with E-state index in [1.165, 1.54) is 12.1 Å². The molecule has 7 heteroatoms. The number of hydrogen-bond donors (Lipinski definition) is 1. The lowest BCUT2D eigenvalue weighted by atomic mass is 9.67. The minimum absolute atomic E-state index is 0.193. The van der Waals surface area contributed by atoms with Crippen molar-refractivity contribution in [3.05, 3.63) is 94.8 Å². The molecule has 1 saturated heterocycles. The van der Waals surface area contributed by atoms with Gasteiger partial charge in [0.1, 0.15) is 11.6 Å². The van der Waals surface area contributed by atoms with Crippen LogP contribution in [0.25, 0.3) is 0 Å². The molecule has 0 unspecified atom stereocenters. The highest BCUT2D eigenvalue weighted by Crippen LogP contribution is 2.55. The van der Waals surface area contributed by atoms with Gasteiger partial charge < -0.3 is 19.5 Å². The van der Waals surface area contributed by atoms with Gasteiger partial charge in [-0.25, -0.2) is 13.2 Å². The summed E-state index contributed by atoms with van der Waals surface area (Å²) in [6.45, 7) is 1.73. The van der Waals surface area contributed by atoms with Crippen molar-refractivity contribution in [2.45, 2.75) is 43.3 Å². The fourth-order valence-electron chi connectivity index (χ4n) is 6.13. The van der Waals surface area contributed by atoms with Crippen LogP contribution in [0, 0.1) is 11.7 Å². The summed E-state index contributed by atoms with van der Waals surface area (Å²) in [6, 6.07) is 18.3. The number of benzene rings is 3. The molecular formula is C30H32F3NO3. The molecule has 1 fully saturated rings. The van der Waals surface area contributed by atoms with Crippen LogP contribution in [0.15, 0.2) is 66.7 Å². The van der Waals surface area contributed by atoms with E-state index in [2.05, 4.69) is 4.90 Å². The summed E-state index contributed by atoms with van der Waals surface area (Å²) in [7, 11) is 3.32. The number of aromatic hydroxyl groups is 1. The lowest BCUT2D eigenvalue weighted by Gasteiger charge is -2.39. The third-order valence-corrected chi connectivity index (χ3v) is 7.96. The Labute approximate surface area is 215 Å². The third-order valence-electron chi connectivity index (χ3n) is 7.96. The zero-order valence-corrected chi connectivity index (χ0v) is 21.0. The van der Waals surface area contributed by atoms with Gasteiger partial charge in [-0.3, -0.25) is 0 Å². The number of anilines is 1. The Morgan fingerprint density at radius 1 is 0.919 bits per heavy atom. The number of ether oxygens (including phenoxy) is 2. The molecule has 1 aliphatic carbocycles. The number of fused-ring (bicyclic) bond motifs is 1. The normalized spacial score (nSPS) is 21.7. The minimum Gasteiger partial charge on any atom is -0.508 e. The highest BCUT2D eigenvalue weighted by atomic mass is 19.3. The number of nitrogens with zero attached hydrogens (tertiary/aromatic N) is 1. The number of halogens is 3. The Balaban J connectivity index is 1.47. The molecule has 2 aliphatic rings. The van der Waals surface area contributed by atoms with Crippen LogP contribution in [-0.2, 0) is 15.4 Å². The zero-order valence-electron chi connectivity index (χ0n) is 21.0. The van der Waals surface area contributed by atoms with E-state index in [0.717, 1.165) is 43.2 Å². The summed E-state index contributed by atoms with van der Waals surface area (Å²) in [5.41, 5.74) is 2.40. The van der Waals surface area contributed by atoms with Gasteiger partial charge in [0.05, 0.1) is 0 Å². The summed E-state index contributed by atoms with van der Waals surface area (Å²) in [6.07, 6.45) is 1.14. The van der Waals surface area contributed by atoms with E-state index in [1.807, 2.05) is 24.3 Å².